The Kier molecular flexibility index (Phi) is 8.49. The topological polar surface area (TPSA) is 123 Å². The van der Waals surface area contributed by atoms with E-state index in [2.05, 4.69) is 25.1 Å². The van der Waals surface area contributed by atoms with Crippen LogP contribution < -0.4 is 4.90 Å². The molecule has 4 heterocycles. The molecule has 0 atom stereocenters. The summed E-state index contributed by atoms with van der Waals surface area (Å²) in [5.41, 5.74) is 1.23. The van der Waals surface area contributed by atoms with Crippen molar-refractivity contribution in [3.8, 4) is 17.1 Å². The van der Waals surface area contributed by atoms with Gasteiger partial charge in [-0.25, -0.2) is 4.98 Å². The molecule has 1 aliphatic rings. The van der Waals surface area contributed by atoms with Crippen LogP contribution in [-0.2, 0) is 11.9 Å². The van der Waals surface area contributed by atoms with E-state index in [4.69, 9.17) is 0 Å². The Morgan fingerprint density at radius 1 is 1.00 bits per heavy atom. The van der Waals surface area contributed by atoms with Gasteiger partial charge in [-0.05, 0) is 42.5 Å². The summed E-state index contributed by atoms with van der Waals surface area (Å²) < 4.78 is 42.1. The lowest BCUT2D eigenvalue weighted by Crippen LogP contribution is -2.48. The number of thioether (sulfide) groups is 1. The molecule has 6 rings (SSSR count). The minimum Gasteiger partial charge on any atom is -0.368 e. The number of piperazine rings is 1. The van der Waals surface area contributed by atoms with Gasteiger partial charge in [0, 0.05) is 67.3 Å². The number of nitro benzene ring substituents is 1. The van der Waals surface area contributed by atoms with E-state index in [1.54, 1.807) is 57.6 Å². The van der Waals surface area contributed by atoms with Crippen LogP contribution >= 0.6 is 23.1 Å². The van der Waals surface area contributed by atoms with Crippen LogP contribution in [0.3, 0.4) is 0 Å². The van der Waals surface area contributed by atoms with E-state index in [1.807, 2.05) is 0 Å². The first-order chi connectivity index (χ1) is 21.7. The normalized spacial score (nSPS) is 13.7. The zero-order valence-electron chi connectivity index (χ0n) is 23.3. The van der Waals surface area contributed by atoms with Crippen molar-refractivity contribution in [1.82, 2.24) is 29.6 Å². The number of nitro groups is 1. The van der Waals surface area contributed by atoms with Gasteiger partial charge in [-0.15, -0.1) is 21.5 Å². The van der Waals surface area contributed by atoms with E-state index >= 15 is 0 Å². The number of pyridine rings is 1. The van der Waals surface area contributed by atoms with Crippen molar-refractivity contribution in [2.75, 3.05) is 31.1 Å². The molecule has 1 fully saturated rings. The number of anilines is 1. The fraction of sp³-hybridized carbons (Fsp3) is 0.207. The first-order valence-corrected chi connectivity index (χ1v) is 15.4. The van der Waals surface area contributed by atoms with E-state index in [-0.39, 0.29) is 17.3 Å². The molecule has 0 aliphatic carbocycles. The number of amides is 1. The molecule has 0 spiro atoms. The molecule has 1 saturated heterocycles. The zero-order valence-corrected chi connectivity index (χ0v) is 24.9. The highest BCUT2D eigenvalue weighted by atomic mass is 32.2. The number of alkyl halides is 3. The van der Waals surface area contributed by atoms with Gasteiger partial charge >= 0.3 is 6.18 Å². The van der Waals surface area contributed by atoms with Crippen LogP contribution in [0.1, 0.15) is 21.1 Å². The molecule has 45 heavy (non-hydrogen) atoms. The second kappa shape index (κ2) is 12.6. The number of benzene rings is 2. The second-order valence-corrected chi connectivity index (χ2v) is 11.8. The van der Waals surface area contributed by atoms with E-state index in [9.17, 15) is 28.1 Å². The average molecular weight is 653 g/mol. The molecule has 0 unspecified atom stereocenters. The molecule has 0 radical (unpaired) electrons. The maximum Gasteiger partial charge on any atom is 0.416 e. The third-order valence-corrected chi connectivity index (χ3v) is 9.04. The predicted molar refractivity (Wildman–Crippen MR) is 162 cm³/mol. The van der Waals surface area contributed by atoms with Crippen LogP contribution in [0, 0.1) is 10.1 Å². The average Bonchev–Trinajstić information content (AvgIpc) is 3.71. The van der Waals surface area contributed by atoms with Crippen molar-refractivity contribution in [3.63, 3.8) is 0 Å². The maximum absolute atomic E-state index is 13.5. The molecule has 5 aromatic rings. The summed E-state index contributed by atoms with van der Waals surface area (Å²) in [6.07, 6.45) is -1.37. The van der Waals surface area contributed by atoms with Gasteiger partial charge in [-0.1, -0.05) is 17.8 Å². The predicted octanol–water partition coefficient (Wildman–Crippen LogP) is 5.97. The first kappa shape index (κ1) is 30.2. The van der Waals surface area contributed by atoms with Crippen molar-refractivity contribution in [1.29, 1.82) is 0 Å². The van der Waals surface area contributed by atoms with Crippen LogP contribution in [0.2, 0.25) is 0 Å². The largest absolute Gasteiger partial charge is 0.416 e. The SMILES string of the molecule is O=C(c1csc(CSc2nnc(-c3cccnc3)n2-c2cccc(C(F)(F)F)c2)n1)N1CCN(c2ccc([N+](=O)[O-])cc2)CC1. The van der Waals surface area contributed by atoms with Gasteiger partial charge in [0.15, 0.2) is 11.0 Å². The lowest BCUT2D eigenvalue weighted by molar-refractivity contribution is -0.384. The van der Waals surface area contributed by atoms with Crippen molar-refractivity contribution < 1.29 is 22.9 Å². The lowest BCUT2D eigenvalue weighted by atomic mass is 10.2. The number of hydrogen-bond donors (Lipinski definition) is 0. The van der Waals surface area contributed by atoms with Gasteiger partial charge in [0.2, 0.25) is 0 Å². The third kappa shape index (κ3) is 6.66. The maximum atomic E-state index is 13.5. The number of carbonyl (C=O) groups excluding carboxylic acids is 1. The molecule has 1 amide bonds. The highest BCUT2D eigenvalue weighted by molar-refractivity contribution is 7.98. The number of carbonyl (C=O) groups is 1. The number of rotatable bonds is 8. The summed E-state index contributed by atoms with van der Waals surface area (Å²) in [7, 11) is 0. The summed E-state index contributed by atoms with van der Waals surface area (Å²) in [6.45, 7) is 2.07. The van der Waals surface area contributed by atoms with E-state index in [0.29, 0.717) is 59.2 Å². The number of non-ortho nitro benzene ring substituents is 1. The van der Waals surface area contributed by atoms with Crippen molar-refractivity contribution >= 4 is 40.4 Å². The molecular weight excluding hydrogens is 630 g/mol. The molecule has 3 aromatic heterocycles. The quantitative estimate of drug-likeness (QED) is 0.113. The minimum atomic E-state index is -4.52. The van der Waals surface area contributed by atoms with Gasteiger partial charge in [-0.3, -0.25) is 24.5 Å². The molecule has 1 aliphatic heterocycles. The Morgan fingerprint density at radius 3 is 2.47 bits per heavy atom. The summed E-state index contributed by atoms with van der Waals surface area (Å²) >= 11 is 2.56. The summed E-state index contributed by atoms with van der Waals surface area (Å²) in [6, 6.07) is 14.7. The molecule has 230 valence electrons. The van der Waals surface area contributed by atoms with Crippen LogP contribution in [-0.4, -0.2) is 66.6 Å². The van der Waals surface area contributed by atoms with Gasteiger partial charge in [0.05, 0.1) is 21.9 Å². The van der Waals surface area contributed by atoms with Crippen LogP contribution in [0.4, 0.5) is 24.5 Å². The third-order valence-electron chi connectivity index (χ3n) is 7.07. The summed E-state index contributed by atoms with van der Waals surface area (Å²) in [5.74, 6) is 0.459. The smallest absolute Gasteiger partial charge is 0.368 e. The number of hydrogen-bond acceptors (Lipinski definition) is 10. The van der Waals surface area contributed by atoms with Crippen molar-refractivity contribution in [2.24, 2.45) is 0 Å². The second-order valence-electron chi connectivity index (χ2n) is 9.90. The fourth-order valence-corrected chi connectivity index (χ4v) is 6.55. The van der Waals surface area contributed by atoms with Crippen molar-refractivity contribution in [3.05, 3.63) is 105 Å². The Bertz CT molecular complexity index is 1820. The number of nitrogens with zero attached hydrogens (tertiary/aromatic N) is 8. The number of halogens is 3. The van der Waals surface area contributed by atoms with Gasteiger partial charge in [-0.2, -0.15) is 13.2 Å². The minimum absolute atomic E-state index is 0.0230. The Balaban J connectivity index is 1.14. The highest BCUT2D eigenvalue weighted by Gasteiger charge is 2.31. The fourth-order valence-electron chi connectivity index (χ4n) is 4.82. The lowest BCUT2D eigenvalue weighted by Gasteiger charge is -2.35. The Hall–Kier alpha value is -4.83. The van der Waals surface area contributed by atoms with E-state index in [1.165, 1.54) is 41.3 Å². The molecular formula is C29H23F3N8O3S2. The number of aromatic nitrogens is 5. The molecule has 2 aromatic carbocycles. The highest BCUT2D eigenvalue weighted by Crippen LogP contribution is 2.34. The molecule has 16 heteroatoms. The summed E-state index contributed by atoms with van der Waals surface area (Å²) in [4.78, 5) is 36.1. The van der Waals surface area contributed by atoms with Crippen molar-refractivity contribution in [2.45, 2.75) is 17.1 Å². The van der Waals surface area contributed by atoms with Crippen LogP contribution in [0.15, 0.2) is 83.6 Å². The van der Waals surface area contributed by atoms with E-state index in [0.717, 1.165) is 17.8 Å². The first-order valence-electron chi connectivity index (χ1n) is 13.6. The number of thiazole rings is 1. The zero-order chi connectivity index (χ0) is 31.6. The van der Waals surface area contributed by atoms with Gasteiger partial charge in [0.25, 0.3) is 11.6 Å². The monoisotopic (exact) mass is 652 g/mol. The van der Waals surface area contributed by atoms with Crippen LogP contribution in [0.25, 0.3) is 17.1 Å². The van der Waals surface area contributed by atoms with Crippen LogP contribution in [0.5, 0.6) is 0 Å². The Labute approximate surface area is 262 Å². The summed E-state index contributed by atoms with van der Waals surface area (Å²) in [5, 5.41) is 22.2. The van der Waals surface area contributed by atoms with E-state index < -0.39 is 16.7 Å². The molecule has 0 saturated carbocycles. The molecule has 0 bridgehead atoms. The molecule has 11 nitrogen and oxygen atoms in total. The van der Waals surface area contributed by atoms with Gasteiger partial charge < -0.3 is 9.80 Å². The standard InChI is InChI=1S/C29H23F3N8O3S2/c30-29(31,32)20-4-1-5-23(15-20)39-26(19-3-2-10-33-16-19)35-36-28(39)45-18-25-34-24(17-44-25)27(41)38-13-11-37(12-14-38)21-6-8-22(9-7-21)40(42)43/h1-10,15-17H,11-14,18H2. The van der Waals surface area contributed by atoms with Gasteiger partial charge in [0.1, 0.15) is 10.7 Å². The Morgan fingerprint density at radius 2 is 1.78 bits per heavy atom. The molecule has 0 N–H and O–H groups in total.